The van der Waals surface area contributed by atoms with Crippen molar-refractivity contribution < 1.29 is 4.74 Å². The highest BCUT2D eigenvalue weighted by Gasteiger charge is 2.10. The van der Waals surface area contributed by atoms with Gasteiger partial charge in [-0.15, -0.1) is 0 Å². The Hall–Kier alpha value is -1.07. The second kappa shape index (κ2) is 8.17. The summed E-state index contributed by atoms with van der Waals surface area (Å²) in [6.45, 7) is 5.35. The zero-order valence-corrected chi connectivity index (χ0v) is 12.5. The summed E-state index contributed by atoms with van der Waals surface area (Å²) in [6, 6.07) is 0.00749. The molecular formula is C13H22ClN3O2. The number of ether oxygens (including phenoxy) is 1. The van der Waals surface area contributed by atoms with Crippen molar-refractivity contribution in [3.63, 3.8) is 0 Å². The minimum absolute atomic E-state index is 0.00749. The van der Waals surface area contributed by atoms with Crippen molar-refractivity contribution in [2.75, 3.05) is 25.6 Å². The lowest BCUT2D eigenvalue weighted by Gasteiger charge is -2.12. The smallest absolute Gasteiger partial charge is 0.287 e. The number of hydrogen-bond acceptors (Lipinski definition) is 4. The number of unbranched alkanes of at least 4 members (excludes halogenated alkanes) is 2. The van der Waals surface area contributed by atoms with Crippen LogP contribution in [-0.4, -0.2) is 30.0 Å². The third-order valence-electron chi connectivity index (χ3n) is 2.77. The Balaban J connectivity index is 2.51. The molecule has 0 radical (unpaired) electrons. The monoisotopic (exact) mass is 287 g/mol. The summed E-state index contributed by atoms with van der Waals surface area (Å²) in [5, 5.41) is 7.46. The van der Waals surface area contributed by atoms with Crippen LogP contribution in [0.2, 0.25) is 5.02 Å². The van der Waals surface area contributed by atoms with Crippen LogP contribution in [0.15, 0.2) is 11.0 Å². The minimum atomic E-state index is -0.249. The molecule has 108 valence electrons. The maximum Gasteiger partial charge on any atom is 0.287 e. The Morgan fingerprint density at radius 3 is 2.79 bits per heavy atom. The van der Waals surface area contributed by atoms with E-state index in [1.165, 1.54) is 4.68 Å². The van der Waals surface area contributed by atoms with Gasteiger partial charge in [0.1, 0.15) is 5.02 Å². The number of rotatable bonds is 8. The van der Waals surface area contributed by atoms with Gasteiger partial charge in [0, 0.05) is 20.3 Å². The molecule has 0 aliphatic rings. The molecule has 0 fully saturated rings. The largest absolute Gasteiger partial charge is 0.385 e. The van der Waals surface area contributed by atoms with Crippen molar-refractivity contribution in [2.24, 2.45) is 0 Å². The SMILES string of the molecule is COCCCCCNc1cnn(C(C)C)c(=O)c1Cl. The molecule has 0 amide bonds. The lowest BCUT2D eigenvalue weighted by Crippen LogP contribution is -2.25. The fourth-order valence-corrected chi connectivity index (χ4v) is 1.91. The number of anilines is 1. The van der Waals surface area contributed by atoms with Gasteiger partial charge in [0.05, 0.1) is 17.9 Å². The van der Waals surface area contributed by atoms with Crippen LogP contribution in [0.5, 0.6) is 0 Å². The van der Waals surface area contributed by atoms with E-state index in [1.54, 1.807) is 13.3 Å². The molecule has 19 heavy (non-hydrogen) atoms. The van der Waals surface area contributed by atoms with Gasteiger partial charge in [-0.3, -0.25) is 4.79 Å². The molecular weight excluding hydrogens is 266 g/mol. The van der Waals surface area contributed by atoms with Crippen LogP contribution in [0.4, 0.5) is 5.69 Å². The summed E-state index contributed by atoms with van der Waals surface area (Å²) in [4.78, 5) is 11.9. The van der Waals surface area contributed by atoms with E-state index in [2.05, 4.69) is 10.4 Å². The van der Waals surface area contributed by atoms with Crippen molar-refractivity contribution >= 4 is 17.3 Å². The van der Waals surface area contributed by atoms with Gasteiger partial charge in [-0.2, -0.15) is 5.10 Å². The Morgan fingerprint density at radius 1 is 1.42 bits per heavy atom. The Morgan fingerprint density at radius 2 is 2.16 bits per heavy atom. The molecule has 0 saturated carbocycles. The van der Waals surface area contributed by atoms with Gasteiger partial charge in [0.25, 0.3) is 5.56 Å². The summed E-state index contributed by atoms with van der Waals surface area (Å²) in [7, 11) is 1.70. The van der Waals surface area contributed by atoms with Gasteiger partial charge in [-0.05, 0) is 33.1 Å². The predicted molar refractivity (Wildman–Crippen MR) is 78.1 cm³/mol. The topological polar surface area (TPSA) is 56.1 Å². The van der Waals surface area contributed by atoms with Gasteiger partial charge in [-0.1, -0.05) is 11.6 Å². The number of nitrogens with one attached hydrogen (secondary N) is 1. The lowest BCUT2D eigenvalue weighted by atomic mass is 10.2. The summed E-state index contributed by atoms with van der Waals surface area (Å²) in [5.41, 5.74) is 0.358. The van der Waals surface area contributed by atoms with E-state index in [1.807, 2.05) is 13.8 Å². The number of nitrogens with zero attached hydrogens (tertiary/aromatic N) is 2. The third kappa shape index (κ3) is 4.84. The average Bonchev–Trinajstić information content (AvgIpc) is 2.38. The number of halogens is 1. The molecule has 1 aromatic heterocycles. The summed E-state index contributed by atoms with van der Waals surface area (Å²) >= 11 is 6.05. The van der Waals surface area contributed by atoms with Crippen LogP contribution in [0.25, 0.3) is 0 Å². The first-order valence-corrected chi connectivity index (χ1v) is 6.95. The van der Waals surface area contributed by atoms with Crippen molar-refractivity contribution in [1.29, 1.82) is 0 Å². The minimum Gasteiger partial charge on any atom is -0.385 e. The van der Waals surface area contributed by atoms with Crippen LogP contribution < -0.4 is 10.9 Å². The standard InChI is InChI=1S/C13H22ClN3O2/c1-10(2)17-13(18)12(14)11(9-16-17)15-7-5-4-6-8-19-3/h9-10,15H,4-8H2,1-3H3. The second-order valence-corrected chi connectivity index (χ2v) is 5.07. The zero-order valence-electron chi connectivity index (χ0n) is 11.8. The lowest BCUT2D eigenvalue weighted by molar-refractivity contribution is 0.192. The van der Waals surface area contributed by atoms with Gasteiger partial charge in [-0.25, -0.2) is 4.68 Å². The van der Waals surface area contributed by atoms with Crippen molar-refractivity contribution in [2.45, 2.75) is 39.2 Å². The van der Waals surface area contributed by atoms with E-state index in [0.29, 0.717) is 5.69 Å². The Labute approximate surface area is 118 Å². The summed E-state index contributed by atoms with van der Waals surface area (Å²) < 4.78 is 6.36. The molecule has 0 spiro atoms. The zero-order chi connectivity index (χ0) is 14.3. The predicted octanol–water partition coefficient (Wildman–Crippen LogP) is 2.71. The van der Waals surface area contributed by atoms with E-state index >= 15 is 0 Å². The quantitative estimate of drug-likeness (QED) is 0.747. The number of methoxy groups -OCH3 is 1. The normalized spacial score (nSPS) is 11.0. The van der Waals surface area contributed by atoms with Crippen LogP contribution in [0.3, 0.4) is 0 Å². The maximum atomic E-state index is 11.9. The van der Waals surface area contributed by atoms with Gasteiger partial charge in [0.15, 0.2) is 0 Å². The second-order valence-electron chi connectivity index (χ2n) is 4.70. The molecule has 1 N–H and O–H groups in total. The van der Waals surface area contributed by atoms with Crippen LogP contribution in [0.1, 0.15) is 39.2 Å². The molecule has 0 aromatic carbocycles. The Bertz CT molecular complexity index is 446. The molecule has 0 saturated heterocycles. The molecule has 1 aromatic rings. The third-order valence-corrected chi connectivity index (χ3v) is 3.14. The number of hydrogen-bond donors (Lipinski definition) is 1. The highest BCUT2D eigenvalue weighted by molar-refractivity contribution is 6.32. The molecule has 0 bridgehead atoms. The Kier molecular flexibility index (Phi) is 6.87. The van der Waals surface area contributed by atoms with Crippen molar-refractivity contribution in [3.05, 3.63) is 21.6 Å². The van der Waals surface area contributed by atoms with Gasteiger partial charge >= 0.3 is 0 Å². The molecule has 0 aliphatic heterocycles. The molecule has 6 heteroatoms. The van der Waals surface area contributed by atoms with E-state index in [0.717, 1.165) is 32.4 Å². The number of aromatic nitrogens is 2. The highest BCUT2D eigenvalue weighted by Crippen LogP contribution is 2.16. The summed E-state index contributed by atoms with van der Waals surface area (Å²) in [6.07, 6.45) is 4.74. The van der Waals surface area contributed by atoms with E-state index in [4.69, 9.17) is 16.3 Å². The molecule has 0 unspecified atom stereocenters. The summed E-state index contributed by atoms with van der Waals surface area (Å²) in [5.74, 6) is 0. The van der Waals surface area contributed by atoms with E-state index < -0.39 is 0 Å². The van der Waals surface area contributed by atoms with Gasteiger partial charge < -0.3 is 10.1 Å². The van der Waals surface area contributed by atoms with Gasteiger partial charge in [0.2, 0.25) is 0 Å². The molecule has 1 heterocycles. The van der Waals surface area contributed by atoms with Crippen molar-refractivity contribution in [1.82, 2.24) is 9.78 Å². The fraction of sp³-hybridized carbons (Fsp3) is 0.692. The average molecular weight is 288 g/mol. The first-order chi connectivity index (χ1) is 9.07. The van der Waals surface area contributed by atoms with E-state index in [9.17, 15) is 4.79 Å². The van der Waals surface area contributed by atoms with Crippen LogP contribution in [-0.2, 0) is 4.74 Å². The molecule has 0 aliphatic carbocycles. The fourth-order valence-electron chi connectivity index (χ4n) is 1.71. The van der Waals surface area contributed by atoms with Crippen LogP contribution in [0, 0.1) is 0 Å². The first-order valence-electron chi connectivity index (χ1n) is 6.58. The molecule has 0 atom stereocenters. The first kappa shape index (κ1) is 16.0. The van der Waals surface area contributed by atoms with E-state index in [-0.39, 0.29) is 16.6 Å². The highest BCUT2D eigenvalue weighted by atomic mass is 35.5. The van der Waals surface area contributed by atoms with Crippen LogP contribution >= 0.6 is 11.6 Å². The molecule has 1 rings (SSSR count). The molecule has 5 nitrogen and oxygen atoms in total. The maximum absolute atomic E-state index is 11.9. The van der Waals surface area contributed by atoms with Crippen molar-refractivity contribution in [3.8, 4) is 0 Å².